The van der Waals surface area contributed by atoms with Crippen LogP contribution >= 0.6 is 11.3 Å². The highest BCUT2D eigenvalue weighted by Crippen LogP contribution is 2.24. The van der Waals surface area contributed by atoms with Crippen LogP contribution in [0.2, 0.25) is 0 Å². The smallest absolute Gasteiger partial charge is 0.212 e. The Labute approximate surface area is 95.6 Å². The standard InChI is InChI=1S/C10H9N5S/c11-5-8-6-15-10(13-8)16-9(14-15)7-1-3-12-4-2-7/h1-4,6H,5,11H2. The van der Waals surface area contributed by atoms with E-state index in [1.54, 1.807) is 28.2 Å². The molecule has 2 N–H and O–H groups in total. The lowest BCUT2D eigenvalue weighted by Crippen LogP contribution is -1.95. The van der Waals surface area contributed by atoms with E-state index in [0.717, 1.165) is 21.2 Å². The fourth-order valence-electron chi connectivity index (χ4n) is 1.45. The van der Waals surface area contributed by atoms with Gasteiger partial charge in [0.1, 0.15) is 5.01 Å². The van der Waals surface area contributed by atoms with Gasteiger partial charge in [-0.2, -0.15) is 5.10 Å². The molecule has 0 aromatic carbocycles. The molecule has 3 aromatic heterocycles. The minimum Gasteiger partial charge on any atom is -0.325 e. The monoisotopic (exact) mass is 231 g/mol. The van der Waals surface area contributed by atoms with E-state index in [2.05, 4.69) is 15.1 Å². The first-order valence-electron chi connectivity index (χ1n) is 4.82. The first-order valence-corrected chi connectivity index (χ1v) is 5.64. The van der Waals surface area contributed by atoms with E-state index in [-0.39, 0.29) is 0 Å². The molecule has 16 heavy (non-hydrogen) atoms. The molecule has 5 nitrogen and oxygen atoms in total. The minimum atomic E-state index is 0.445. The lowest BCUT2D eigenvalue weighted by Gasteiger charge is -1.91. The van der Waals surface area contributed by atoms with Crippen molar-refractivity contribution in [3.8, 4) is 10.6 Å². The van der Waals surface area contributed by atoms with Gasteiger partial charge in [-0.25, -0.2) is 9.50 Å². The van der Waals surface area contributed by atoms with Gasteiger partial charge in [-0.1, -0.05) is 11.3 Å². The molecule has 0 aliphatic heterocycles. The Kier molecular flexibility index (Phi) is 2.16. The molecule has 3 heterocycles. The number of imidazole rings is 1. The summed E-state index contributed by atoms with van der Waals surface area (Å²) in [4.78, 5) is 9.20. The lowest BCUT2D eigenvalue weighted by atomic mass is 10.3. The molecule has 0 spiro atoms. The highest BCUT2D eigenvalue weighted by atomic mass is 32.1. The summed E-state index contributed by atoms with van der Waals surface area (Å²) in [6, 6.07) is 3.87. The molecule has 0 saturated carbocycles. The molecule has 6 heteroatoms. The summed E-state index contributed by atoms with van der Waals surface area (Å²) < 4.78 is 1.77. The highest BCUT2D eigenvalue weighted by Gasteiger charge is 2.08. The van der Waals surface area contributed by atoms with E-state index in [9.17, 15) is 0 Å². The van der Waals surface area contributed by atoms with Crippen LogP contribution in [0, 0.1) is 0 Å². The van der Waals surface area contributed by atoms with Crippen molar-refractivity contribution in [2.75, 3.05) is 0 Å². The van der Waals surface area contributed by atoms with Crippen molar-refractivity contribution in [1.82, 2.24) is 19.6 Å². The van der Waals surface area contributed by atoms with Crippen molar-refractivity contribution >= 4 is 16.3 Å². The van der Waals surface area contributed by atoms with Crippen molar-refractivity contribution in [1.29, 1.82) is 0 Å². The Hall–Kier alpha value is -1.79. The lowest BCUT2D eigenvalue weighted by molar-refractivity contribution is 0.959. The summed E-state index contributed by atoms with van der Waals surface area (Å²) in [5, 5.41) is 5.38. The van der Waals surface area contributed by atoms with Gasteiger partial charge in [0, 0.05) is 24.5 Å². The molecule has 0 aliphatic rings. The van der Waals surface area contributed by atoms with Gasteiger partial charge in [0.25, 0.3) is 0 Å². The van der Waals surface area contributed by atoms with Crippen LogP contribution in [0.15, 0.2) is 30.7 Å². The quantitative estimate of drug-likeness (QED) is 0.722. The number of nitrogens with zero attached hydrogens (tertiary/aromatic N) is 4. The molecule has 0 aliphatic carbocycles. The summed E-state index contributed by atoms with van der Waals surface area (Å²) in [6.07, 6.45) is 5.37. The Morgan fingerprint density at radius 3 is 2.81 bits per heavy atom. The molecule has 0 fully saturated rings. The molecule has 0 radical (unpaired) electrons. The van der Waals surface area contributed by atoms with Gasteiger partial charge in [-0.15, -0.1) is 0 Å². The van der Waals surface area contributed by atoms with Crippen LogP contribution in [-0.2, 0) is 6.54 Å². The summed E-state index contributed by atoms with van der Waals surface area (Å²) in [7, 11) is 0. The Balaban J connectivity index is 2.10. The first kappa shape index (κ1) is 9.44. The van der Waals surface area contributed by atoms with Gasteiger partial charge >= 0.3 is 0 Å². The topological polar surface area (TPSA) is 69.1 Å². The summed E-state index contributed by atoms with van der Waals surface area (Å²) in [5.74, 6) is 0. The van der Waals surface area contributed by atoms with Crippen LogP contribution in [0.25, 0.3) is 15.5 Å². The van der Waals surface area contributed by atoms with Crippen molar-refractivity contribution in [3.05, 3.63) is 36.4 Å². The van der Waals surface area contributed by atoms with Gasteiger partial charge in [-0.3, -0.25) is 4.98 Å². The van der Waals surface area contributed by atoms with Gasteiger partial charge in [0.05, 0.1) is 11.9 Å². The SMILES string of the molecule is NCc1cn2nc(-c3ccncc3)sc2n1. The van der Waals surface area contributed by atoms with Gasteiger partial charge in [0.15, 0.2) is 0 Å². The van der Waals surface area contributed by atoms with Crippen molar-refractivity contribution in [2.24, 2.45) is 5.73 Å². The fourth-order valence-corrected chi connectivity index (χ4v) is 2.36. The third-order valence-electron chi connectivity index (χ3n) is 2.23. The molecule has 3 aromatic rings. The number of rotatable bonds is 2. The second kappa shape index (κ2) is 3.66. The summed E-state index contributed by atoms with van der Waals surface area (Å²) in [5.41, 5.74) is 7.43. The van der Waals surface area contributed by atoms with E-state index in [4.69, 9.17) is 5.73 Å². The zero-order chi connectivity index (χ0) is 11.0. The van der Waals surface area contributed by atoms with E-state index in [0.29, 0.717) is 6.54 Å². The highest BCUT2D eigenvalue weighted by molar-refractivity contribution is 7.19. The second-order valence-electron chi connectivity index (χ2n) is 3.31. The van der Waals surface area contributed by atoms with Crippen molar-refractivity contribution in [3.63, 3.8) is 0 Å². The average molecular weight is 231 g/mol. The van der Waals surface area contributed by atoms with Crippen LogP contribution in [-0.4, -0.2) is 19.6 Å². The number of hydrogen-bond acceptors (Lipinski definition) is 5. The molecule has 0 amide bonds. The van der Waals surface area contributed by atoms with Crippen LogP contribution in [0.3, 0.4) is 0 Å². The average Bonchev–Trinajstić information content (AvgIpc) is 2.87. The van der Waals surface area contributed by atoms with Gasteiger partial charge < -0.3 is 5.73 Å². The number of hydrogen-bond donors (Lipinski definition) is 1. The maximum absolute atomic E-state index is 5.51. The predicted molar refractivity (Wildman–Crippen MR) is 62.0 cm³/mol. The number of nitrogens with two attached hydrogens (primary N) is 1. The zero-order valence-corrected chi connectivity index (χ0v) is 9.18. The fraction of sp³-hybridized carbons (Fsp3) is 0.100. The predicted octanol–water partition coefficient (Wildman–Crippen LogP) is 1.31. The number of aromatic nitrogens is 4. The largest absolute Gasteiger partial charge is 0.325 e. The number of fused-ring (bicyclic) bond motifs is 1. The Morgan fingerprint density at radius 2 is 2.12 bits per heavy atom. The van der Waals surface area contributed by atoms with E-state index in [1.807, 2.05) is 18.3 Å². The summed E-state index contributed by atoms with van der Waals surface area (Å²) in [6.45, 7) is 0.445. The third kappa shape index (κ3) is 1.48. The van der Waals surface area contributed by atoms with Crippen LogP contribution in [0.1, 0.15) is 5.69 Å². The minimum absolute atomic E-state index is 0.445. The normalized spacial score (nSPS) is 11.1. The molecule has 3 rings (SSSR count). The van der Waals surface area contributed by atoms with Crippen LogP contribution < -0.4 is 5.73 Å². The molecular formula is C10H9N5S. The molecule has 0 unspecified atom stereocenters. The van der Waals surface area contributed by atoms with Gasteiger partial charge in [-0.05, 0) is 12.1 Å². The molecular weight excluding hydrogens is 222 g/mol. The van der Waals surface area contributed by atoms with Crippen LogP contribution in [0.5, 0.6) is 0 Å². The maximum Gasteiger partial charge on any atom is 0.212 e. The van der Waals surface area contributed by atoms with Crippen molar-refractivity contribution < 1.29 is 0 Å². The van der Waals surface area contributed by atoms with Crippen LogP contribution in [0.4, 0.5) is 0 Å². The Morgan fingerprint density at radius 1 is 1.31 bits per heavy atom. The van der Waals surface area contributed by atoms with E-state index >= 15 is 0 Å². The molecule has 0 saturated heterocycles. The molecule has 80 valence electrons. The first-order chi connectivity index (χ1) is 7.86. The second-order valence-corrected chi connectivity index (χ2v) is 4.26. The third-order valence-corrected chi connectivity index (χ3v) is 3.20. The molecule has 0 bridgehead atoms. The van der Waals surface area contributed by atoms with Gasteiger partial charge in [0.2, 0.25) is 4.96 Å². The van der Waals surface area contributed by atoms with Crippen molar-refractivity contribution in [2.45, 2.75) is 6.54 Å². The summed E-state index contributed by atoms with van der Waals surface area (Å²) >= 11 is 1.54. The van der Waals surface area contributed by atoms with E-state index in [1.165, 1.54) is 0 Å². The maximum atomic E-state index is 5.51. The molecule has 0 atom stereocenters. The number of pyridine rings is 1. The van der Waals surface area contributed by atoms with E-state index < -0.39 is 0 Å². The zero-order valence-electron chi connectivity index (χ0n) is 8.37. The Bertz CT molecular complexity index is 581.